The van der Waals surface area contributed by atoms with E-state index in [1.165, 1.54) is 12.8 Å². The van der Waals surface area contributed by atoms with Crippen molar-refractivity contribution in [1.29, 1.82) is 0 Å². The van der Waals surface area contributed by atoms with E-state index in [0.29, 0.717) is 0 Å². The molecule has 0 unspecified atom stereocenters. The van der Waals surface area contributed by atoms with Gasteiger partial charge in [-0.15, -0.1) is 0 Å². The summed E-state index contributed by atoms with van der Waals surface area (Å²) in [6, 6.07) is 8.01. The molecule has 2 heterocycles. The zero-order valence-corrected chi connectivity index (χ0v) is 9.76. The number of para-hydroxylation sites is 2. The van der Waals surface area contributed by atoms with E-state index in [2.05, 4.69) is 14.9 Å². The second-order valence-corrected chi connectivity index (χ2v) is 4.51. The molecule has 1 saturated heterocycles. The van der Waals surface area contributed by atoms with E-state index in [9.17, 15) is 0 Å². The monoisotopic (exact) mass is 231 g/mol. The summed E-state index contributed by atoms with van der Waals surface area (Å²) in [6.07, 6.45) is 2.48. The molecule has 82 valence electrons. The van der Waals surface area contributed by atoms with Crippen LogP contribution in [-0.4, -0.2) is 23.1 Å². The predicted molar refractivity (Wildman–Crippen MR) is 68.4 cm³/mol. The van der Waals surface area contributed by atoms with E-state index in [1.807, 2.05) is 24.3 Å². The molecule has 3 nitrogen and oxygen atoms in total. The van der Waals surface area contributed by atoms with Crippen LogP contribution in [0.5, 0.6) is 0 Å². The van der Waals surface area contributed by atoms with Gasteiger partial charge in [0.1, 0.15) is 4.64 Å². The summed E-state index contributed by atoms with van der Waals surface area (Å²) in [6.45, 7) is 2.14. The van der Waals surface area contributed by atoms with Crippen molar-refractivity contribution in [1.82, 2.24) is 9.97 Å². The number of anilines is 1. The fourth-order valence-corrected chi connectivity index (χ4v) is 2.45. The second kappa shape index (κ2) is 3.87. The molecule has 1 N–H and O–H groups in total. The Kier molecular flexibility index (Phi) is 2.36. The largest absolute Gasteiger partial charge is 0.354 e. The first kappa shape index (κ1) is 9.78. The van der Waals surface area contributed by atoms with Crippen LogP contribution >= 0.6 is 12.2 Å². The van der Waals surface area contributed by atoms with Crippen LogP contribution in [0, 0.1) is 4.64 Å². The number of nitrogens with zero attached hydrogens (tertiary/aromatic N) is 2. The summed E-state index contributed by atoms with van der Waals surface area (Å²) in [5.74, 6) is 0.936. The van der Waals surface area contributed by atoms with Gasteiger partial charge in [-0.05, 0) is 25.0 Å². The molecule has 0 spiro atoms. The van der Waals surface area contributed by atoms with Crippen LogP contribution < -0.4 is 4.90 Å². The van der Waals surface area contributed by atoms with Gasteiger partial charge in [0, 0.05) is 13.1 Å². The van der Waals surface area contributed by atoms with Gasteiger partial charge < -0.3 is 9.88 Å². The van der Waals surface area contributed by atoms with Crippen molar-refractivity contribution >= 4 is 29.1 Å². The molecule has 0 aliphatic carbocycles. The zero-order valence-electron chi connectivity index (χ0n) is 8.94. The van der Waals surface area contributed by atoms with Gasteiger partial charge in [0.05, 0.1) is 11.0 Å². The Bertz CT molecular complexity index is 570. The fourth-order valence-electron chi connectivity index (χ4n) is 2.16. The number of hydrogen-bond donors (Lipinski definition) is 1. The van der Waals surface area contributed by atoms with Gasteiger partial charge in [-0.1, -0.05) is 24.4 Å². The van der Waals surface area contributed by atoms with Crippen LogP contribution in [0.15, 0.2) is 24.3 Å². The topological polar surface area (TPSA) is 31.9 Å². The summed E-state index contributed by atoms with van der Waals surface area (Å²) in [7, 11) is 0. The van der Waals surface area contributed by atoms with Gasteiger partial charge in [-0.3, -0.25) is 0 Å². The number of hydrogen-bond acceptors (Lipinski definition) is 3. The third-order valence-electron chi connectivity index (χ3n) is 2.99. The molecule has 0 amide bonds. The molecule has 0 bridgehead atoms. The standard InChI is InChI=1S/C12H13N3S/c16-12-11(15-7-3-4-8-15)13-9-5-1-2-6-10(9)14-12/h1-2,5-6H,3-4,7-8H2,(H,14,16). The molecule has 0 radical (unpaired) electrons. The highest BCUT2D eigenvalue weighted by Crippen LogP contribution is 2.21. The van der Waals surface area contributed by atoms with Gasteiger partial charge in [-0.25, -0.2) is 4.98 Å². The number of fused-ring (bicyclic) bond motifs is 1. The smallest absolute Gasteiger partial charge is 0.164 e. The Balaban J connectivity index is 2.17. The molecule has 3 rings (SSSR count). The van der Waals surface area contributed by atoms with Crippen molar-refractivity contribution in [3.05, 3.63) is 28.9 Å². The maximum Gasteiger partial charge on any atom is 0.164 e. The Hall–Kier alpha value is -1.42. The van der Waals surface area contributed by atoms with Crippen LogP contribution in [0.3, 0.4) is 0 Å². The fraction of sp³-hybridized carbons (Fsp3) is 0.333. The quantitative estimate of drug-likeness (QED) is 0.766. The van der Waals surface area contributed by atoms with Crippen LogP contribution in [-0.2, 0) is 0 Å². The van der Waals surface area contributed by atoms with E-state index in [0.717, 1.165) is 34.6 Å². The van der Waals surface area contributed by atoms with Crippen molar-refractivity contribution in [3.8, 4) is 0 Å². The number of benzene rings is 1. The number of aromatic amines is 1. The normalized spacial score (nSPS) is 15.9. The van der Waals surface area contributed by atoms with Gasteiger partial charge in [0.25, 0.3) is 0 Å². The number of H-pyrrole nitrogens is 1. The highest BCUT2D eigenvalue weighted by Gasteiger charge is 2.15. The molecular formula is C12H13N3S. The van der Waals surface area contributed by atoms with E-state index < -0.39 is 0 Å². The maximum absolute atomic E-state index is 5.36. The summed E-state index contributed by atoms with van der Waals surface area (Å²) in [5, 5.41) is 0. The highest BCUT2D eigenvalue weighted by atomic mass is 32.1. The lowest BCUT2D eigenvalue weighted by molar-refractivity contribution is 0.932. The Morgan fingerprint density at radius 3 is 2.75 bits per heavy atom. The number of aromatic nitrogens is 2. The van der Waals surface area contributed by atoms with Gasteiger partial charge in [0.2, 0.25) is 0 Å². The summed E-state index contributed by atoms with van der Waals surface area (Å²) in [4.78, 5) is 10.2. The Morgan fingerprint density at radius 2 is 1.94 bits per heavy atom. The maximum atomic E-state index is 5.36. The number of nitrogens with one attached hydrogen (secondary N) is 1. The van der Waals surface area contributed by atoms with Crippen molar-refractivity contribution in [2.24, 2.45) is 0 Å². The minimum Gasteiger partial charge on any atom is -0.354 e. The van der Waals surface area contributed by atoms with Crippen LogP contribution in [0.4, 0.5) is 5.82 Å². The lowest BCUT2D eigenvalue weighted by Gasteiger charge is -2.16. The van der Waals surface area contributed by atoms with Crippen molar-refractivity contribution < 1.29 is 0 Å². The minimum absolute atomic E-state index is 0.751. The lowest BCUT2D eigenvalue weighted by atomic mass is 10.3. The molecule has 1 aliphatic heterocycles. The first-order chi connectivity index (χ1) is 7.84. The summed E-state index contributed by atoms with van der Waals surface area (Å²) >= 11 is 5.36. The third-order valence-corrected chi connectivity index (χ3v) is 3.27. The lowest BCUT2D eigenvalue weighted by Crippen LogP contribution is -2.19. The molecule has 16 heavy (non-hydrogen) atoms. The van der Waals surface area contributed by atoms with Gasteiger partial charge in [-0.2, -0.15) is 0 Å². The minimum atomic E-state index is 0.751. The Labute approximate surface area is 99.1 Å². The molecule has 4 heteroatoms. The second-order valence-electron chi connectivity index (χ2n) is 4.10. The SMILES string of the molecule is S=c1[nH]c2ccccc2nc1N1CCCC1. The van der Waals surface area contributed by atoms with E-state index >= 15 is 0 Å². The van der Waals surface area contributed by atoms with Gasteiger partial charge >= 0.3 is 0 Å². The van der Waals surface area contributed by atoms with Crippen molar-refractivity contribution in [2.45, 2.75) is 12.8 Å². The third kappa shape index (κ3) is 1.59. The summed E-state index contributed by atoms with van der Waals surface area (Å²) < 4.78 is 0.751. The first-order valence-electron chi connectivity index (χ1n) is 5.58. The molecular weight excluding hydrogens is 218 g/mol. The molecule has 1 aliphatic rings. The molecule has 0 atom stereocenters. The van der Waals surface area contributed by atoms with Gasteiger partial charge in [0.15, 0.2) is 5.82 Å². The molecule has 1 aromatic heterocycles. The van der Waals surface area contributed by atoms with Crippen LogP contribution in [0.2, 0.25) is 0 Å². The summed E-state index contributed by atoms with van der Waals surface area (Å²) in [5.41, 5.74) is 1.99. The number of rotatable bonds is 1. The average molecular weight is 231 g/mol. The molecule has 1 fully saturated rings. The first-order valence-corrected chi connectivity index (χ1v) is 5.99. The van der Waals surface area contributed by atoms with Crippen LogP contribution in [0.1, 0.15) is 12.8 Å². The molecule has 1 aromatic carbocycles. The average Bonchev–Trinajstić information content (AvgIpc) is 2.81. The van der Waals surface area contributed by atoms with Crippen molar-refractivity contribution in [2.75, 3.05) is 18.0 Å². The predicted octanol–water partition coefficient (Wildman–Crippen LogP) is 2.89. The highest BCUT2D eigenvalue weighted by molar-refractivity contribution is 7.71. The van der Waals surface area contributed by atoms with Crippen LogP contribution in [0.25, 0.3) is 11.0 Å². The van der Waals surface area contributed by atoms with E-state index in [4.69, 9.17) is 12.2 Å². The van der Waals surface area contributed by atoms with Crippen molar-refractivity contribution in [3.63, 3.8) is 0 Å². The van der Waals surface area contributed by atoms with E-state index in [1.54, 1.807) is 0 Å². The van der Waals surface area contributed by atoms with E-state index in [-0.39, 0.29) is 0 Å². The molecule has 2 aromatic rings. The zero-order chi connectivity index (χ0) is 11.0. The Morgan fingerprint density at radius 1 is 1.19 bits per heavy atom. The molecule has 0 saturated carbocycles.